The van der Waals surface area contributed by atoms with Gasteiger partial charge in [-0.2, -0.15) is 5.10 Å². The maximum atomic E-state index is 5.77. The molecule has 4 nitrogen and oxygen atoms in total. The number of aromatic nitrogens is 2. The number of aryl methyl sites for hydroxylation is 1. The lowest BCUT2D eigenvalue weighted by Gasteiger charge is -2.33. The summed E-state index contributed by atoms with van der Waals surface area (Å²) in [6.07, 6.45) is 11.0. The summed E-state index contributed by atoms with van der Waals surface area (Å²) in [5, 5.41) is 4.46. The molecule has 1 heterocycles. The summed E-state index contributed by atoms with van der Waals surface area (Å²) >= 11 is 0. The summed E-state index contributed by atoms with van der Waals surface area (Å²) in [6, 6.07) is 2.46. The molecule has 1 aliphatic carbocycles. The molecular formula is C15H28N4. The zero-order chi connectivity index (χ0) is 13.7. The third-order valence-electron chi connectivity index (χ3n) is 4.57. The van der Waals surface area contributed by atoms with E-state index in [9.17, 15) is 0 Å². The fourth-order valence-electron chi connectivity index (χ4n) is 3.45. The standard InChI is InChI=1S/C15H28N4/c1-3-4-12-5-7-13(8-6-12)15(17-16)11-14-9-10-19(2)18-14/h9-10,12-13,15,17H,3-8,11,16H2,1-2H3. The van der Waals surface area contributed by atoms with E-state index in [4.69, 9.17) is 5.84 Å². The molecule has 0 saturated heterocycles. The van der Waals surface area contributed by atoms with Crippen molar-refractivity contribution in [2.45, 2.75) is 57.9 Å². The van der Waals surface area contributed by atoms with Gasteiger partial charge in [0, 0.05) is 25.7 Å². The van der Waals surface area contributed by atoms with Crippen LogP contribution < -0.4 is 11.3 Å². The quantitative estimate of drug-likeness (QED) is 0.613. The highest BCUT2D eigenvalue weighted by atomic mass is 15.3. The summed E-state index contributed by atoms with van der Waals surface area (Å²) < 4.78 is 1.86. The normalized spacial score (nSPS) is 25.4. The van der Waals surface area contributed by atoms with Crippen LogP contribution in [0.25, 0.3) is 0 Å². The smallest absolute Gasteiger partial charge is 0.0640 e. The Morgan fingerprint density at radius 1 is 1.42 bits per heavy atom. The lowest BCUT2D eigenvalue weighted by Crippen LogP contribution is -2.43. The second-order valence-corrected chi connectivity index (χ2v) is 6.03. The molecule has 0 aliphatic heterocycles. The zero-order valence-electron chi connectivity index (χ0n) is 12.3. The van der Waals surface area contributed by atoms with Crippen LogP contribution in [0.1, 0.15) is 51.1 Å². The number of hydrogen-bond donors (Lipinski definition) is 2. The Kier molecular flexibility index (Phi) is 5.40. The van der Waals surface area contributed by atoms with Crippen LogP contribution in [0.15, 0.2) is 12.3 Å². The Morgan fingerprint density at radius 2 is 2.16 bits per heavy atom. The molecule has 1 fully saturated rings. The van der Waals surface area contributed by atoms with Crippen LogP contribution in [-0.2, 0) is 13.5 Å². The van der Waals surface area contributed by atoms with E-state index in [1.165, 1.54) is 38.5 Å². The molecule has 2 rings (SSSR count). The Bertz CT molecular complexity index is 366. The number of hydrogen-bond acceptors (Lipinski definition) is 3. The zero-order valence-corrected chi connectivity index (χ0v) is 12.3. The molecule has 0 spiro atoms. The molecule has 1 aromatic heterocycles. The molecule has 1 unspecified atom stereocenters. The van der Waals surface area contributed by atoms with Gasteiger partial charge < -0.3 is 0 Å². The van der Waals surface area contributed by atoms with Gasteiger partial charge in [-0.15, -0.1) is 0 Å². The molecular weight excluding hydrogens is 236 g/mol. The minimum absolute atomic E-state index is 0.373. The van der Waals surface area contributed by atoms with Gasteiger partial charge in [0.15, 0.2) is 0 Å². The minimum Gasteiger partial charge on any atom is -0.276 e. The van der Waals surface area contributed by atoms with Crippen LogP contribution >= 0.6 is 0 Å². The van der Waals surface area contributed by atoms with Gasteiger partial charge in [0.05, 0.1) is 5.69 Å². The second kappa shape index (κ2) is 7.06. The van der Waals surface area contributed by atoms with Gasteiger partial charge in [0.2, 0.25) is 0 Å². The molecule has 1 aromatic rings. The van der Waals surface area contributed by atoms with Gasteiger partial charge >= 0.3 is 0 Å². The highest BCUT2D eigenvalue weighted by Gasteiger charge is 2.27. The number of nitrogens with two attached hydrogens (primary N) is 1. The van der Waals surface area contributed by atoms with Crippen molar-refractivity contribution in [2.24, 2.45) is 24.7 Å². The van der Waals surface area contributed by atoms with Crippen molar-refractivity contribution in [3.8, 4) is 0 Å². The van der Waals surface area contributed by atoms with E-state index in [2.05, 4.69) is 23.5 Å². The van der Waals surface area contributed by atoms with Crippen molar-refractivity contribution >= 4 is 0 Å². The van der Waals surface area contributed by atoms with Crippen molar-refractivity contribution in [3.63, 3.8) is 0 Å². The van der Waals surface area contributed by atoms with Crippen LogP contribution in [0.2, 0.25) is 0 Å². The fourth-order valence-corrected chi connectivity index (χ4v) is 3.45. The lowest BCUT2D eigenvalue weighted by molar-refractivity contribution is 0.212. The van der Waals surface area contributed by atoms with E-state index >= 15 is 0 Å². The van der Waals surface area contributed by atoms with Gasteiger partial charge in [-0.3, -0.25) is 16.0 Å². The van der Waals surface area contributed by atoms with Crippen molar-refractivity contribution in [2.75, 3.05) is 0 Å². The first-order valence-corrected chi connectivity index (χ1v) is 7.67. The first-order chi connectivity index (χ1) is 9.22. The van der Waals surface area contributed by atoms with Crippen molar-refractivity contribution in [1.82, 2.24) is 15.2 Å². The fraction of sp³-hybridized carbons (Fsp3) is 0.800. The molecule has 3 N–H and O–H groups in total. The van der Waals surface area contributed by atoms with E-state index in [0.717, 1.165) is 18.0 Å². The lowest BCUT2D eigenvalue weighted by atomic mass is 9.76. The first-order valence-electron chi connectivity index (χ1n) is 7.67. The first kappa shape index (κ1) is 14.5. The maximum absolute atomic E-state index is 5.77. The Labute approximate surface area is 116 Å². The predicted molar refractivity (Wildman–Crippen MR) is 78.4 cm³/mol. The van der Waals surface area contributed by atoms with Gasteiger partial charge in [0.1, 0.15) is 0 Å². The molecule has 0 radical (unpaired) electrons. The van der Waals surface area contributed by atoms with Gasteiger partial charge in [-0.05, 0) is 30.7 Å². The average molecular weight is 264 g/mol. The molecule has 108 valence electrons. The molecule has 1 aliphatic rings. The van der Waals surface area contributed by atoms with Crippen molar-refractivity contribution in [1.29, 1.82) is 0 Å². The van der Waals surface area contributed by atoms with Crippen molar-refractivity contribution < 1.29 is 0 Å². The minimum atomic E-state index is 0.373. The van der Waals surface area contributed by atoms with Crippen LogP contribution in [0.3, 0.4) is 0 Å². The van der Waals surface area contributed by atoms with Gasteiger partial charge in [-0.1, -0.05) is 32.6 Å². The highest BCUT2D eigenvalue weighted by molar-refractivity contribution is 5.02. The maximum Gasteiger partial charge on any atom is 0.0640 e. The predicted octanol–water partition coefficient (Wildman–Crippen LogP) is 2.40. The van der Waals surface area contributed by atoms with Crippen LogP contribution in [-0.4, -0.2) is 15.8 Å². The number of nitrogens with one attached hydrogen (secondary N) is 1. The van der Waals surface area contributed by atoms with Crippen LogP contribution in [0, 0.1) is 11.8 Å². The molecule has 4 heteroatoms. The van der Waals surface area contributed by atoms with Crippen molar-refractivity contribution in [3.05, 3.63) is 18.0 Å². The number of rotatable bonds is 6. The molecule has 0 bridgehead atoms. The second-order valence-electron chi connectivity index (χ2n) is 6.03. The SMILES string of the molecule is CCCC1CCC(C(Cc2ccn(C)n2)NN)CC1. The van der Waals surface area contributed by atoms with E-state index < -0.39 is 0 Å². The van der Waals surface area contributed by atoms with Gasteiger partial charge in [0.25, 0.3) is 0 Å². The molecule has 0 aromatic carbocycles. The third kappa shape index (κ3) is 4.05. The molecule has 0 amide bonds. The van der Waals surface area contributed by atoms with E-state index in [0.29, 0.717) is 12.0 Å². The summed E-state index contributed by atoms with van der Waals surface area (Å²) in [6.45, 7) is 2.29. The van der Waals surface area contributed by atoms with E-state index in [1.807, 2.05) is 17.9 Å². The average Bonchev–Trinajstić information content (AvgIpc) is 2.83. The number of nitrogens with zero attached hydrogens (tertiary/aromatic N) is 2. The summed E-state index contributed by atoms with van der Waals surface area (Å²) in [7, 11) is 1.96. The number of hydrazine groups is 1. The van der Waals surface area contributed by atoms with Gasteiger partial charge in [-0.25, -0.2) is 0 Å². The van der Waals surface area contributed by atoms with Crippen LogP contribution in [0.4, 0.5) is 0 Å². The summed E-state index contributed by atoms with van der Waals surface area (Å²) in [5.74, 6) is 7.43. The van der Waals surface area contributed by atoms with E-state index in [-0.39, 0.29) is 0 Å². The Hall–Kier alpha value is -0.870. The van der Waals surface area contributed by atoms with Crippen LogP contribution in [0.5, 0.6) is 0 Å². The Morgan fingerprint density at radius 3 is 2.68 bits per heavy atom. The molecule has 1 atom stereocenters. The third-order valence-corrected chi connectivity index (χ3v) is 4.57. The largest absolute Gasteiger partial charge is 0.276 e. The molecule has 1 saturated carbocycles. The summed E-state index contributed by atoms with van der Waals surface area (Å²) in [5.41, 5.74) is 4.17. The Balaban J connectivity index is 1.85. The van der Waals surface area contributed by atoms with E-state index in [1.54, 1.807) is 0 Å². The topological polar surface area (TPSA) is 55.9 Å². The summed E-state index contributed by atoms with van der Waals surface area (Å²) in [4.78, 5) is 0. The molecule has 19 heavy (non-hydrogen) atoms. The highest BCUT2D eigenvalue weighted by Crippen LogP contribution is 2.33. The monoisotopic (exact) mass is 264 g/mol.